The molecule has 0 bridgehead atoms. The highest BCUT2D eigenvalue weighted by Gasteiger charge is 2.22. The summed E-state index contributed by atoms with van der Waals surface area (Å²) < 4.78 is 28.4. The van der Waals surface area contributed by atoms with E-state index in [-0.39, 0.29) is 17.2 Å². The van der Waals surface area contributed by atoms with Gasteiger partial charge in [0.25, 0.3) is 5.91 Å². The SMILES string of the molecule is CN1CCN(C(=O)/C(C#N)=C/c2ccc(OC(F)F)cc2)CC1. The number of halogens is 2. The maximum atomic E-state index is 12.3. The van der Waals surface area contributed by atoms with Gasteiger partial charge in [-0.05, 0) is 30.8 Å². The number of piperazine rings is 1. The highest BCUT2D eigenvalue weighted by atomic mass is 19.3. The molecule has 1 aromatic carbocycles. The lowest BCUT2D eigenvalue weighted by Crippen LogP contribution is -2.47. The summed E-state index contributed by atoms with van der Waals surface area (Å²) in [7, 11) is 1.98. The first-order valence-corrected chi connectivity index (χ1v) is 7.14. The van der Waals surface area contributed by atoms with Gasteiger partial charge in [0, 0.05) is 26.2 Å². The lowest BCUT2D eigenvalue weighted by atomic mass is 10.1. The number of nitrogens with zero attached hydrogens (tertiary/aromatic N) is 3. The zero-order valence-electron chi connectivity index (χ0n) is 12.7. The number of rotatable bonds is 4. The van der Waals surface area contributed by atoms with Crippen LogP contribution in [0.3, 0.4) is 0 Å². The van der Waals surface area contributed by atoms with Crippen LogP contribution in [0.15, 0.2) is 29.8 Å². The third-order valence-corrected chi connectivity index (χ3v) is 3.56. The topological polar surface area (TPSA) is 56.6 Å². The molecule has 1 aliphatic rings. The van der Waals surface area contributed by atoms with Crippen LogP contribution in [-0.2, 0) is 4.79 Å². The number of alkyl halides is 2. The van der Waals surface area contributed by atoms with Gasteiger partial charge in [0.05, 0.1) is 0 Å². The molecular weight excluding hydrogens is 304 g/mol. The molecule has 0 spiro atoms. The molecular formula is C16H17F2N3O2. The summed E-state index contributed by atoms with van der Waals surface area (Å²) in [5, 5.41) is 9.21. The van der Waals surface area contributed by atoms with Crippen LogP contribution in [0.2, 0.25) is 0 Å². The number of likely N-dealkylation sites (N-methyl/N-ethyl adjacent to an activating group) is 1. The lowest BCUT2D eigenvalue weighted by Gasteiger charge is -2.32. The van der Waals surface area contributed by atoms with E-state index < -0.39 is 6.61 Å². The van der Waals surface area contributed by atoms with Crippen molar-refractivity contribution in [3.05, 3.63) is 35.4 Å². The molecule has 122 valence electrons. The van der Waals surface area contributed by atoms with Gasteiger partial charge in [-0.2, -0.15) is 14.0 Å². The van der Waals surface area contributed by atoms with Gasteiger partial charge in [-0.3, -0.25) is 4.79 Å². The van der Waals surface area contributed by atoms with Crippen molar-refractivity contribution >= 4 is 12.0 Å². The number of nitriles is 1. The molecule has 0 unspecified atom stereocenters. The number of hydrogen-bond donors (Lipinski definition) is 0. The summed E-state index contributed by atoms with van der Waals surface area (Å²) in [5.41, 5.74) is 0.600. The van der Waals surface area contributed by atoms with Crippen LogP contribution in [0.25, 0.3) is 6.08 Å². The van der Waals surface area contributed by atoms with Gasteiger partial charge in [0.2, 0.25) is 0 Å². The molecule has 1 heterocycles. The quantitative estimate of drug-likeness (QED) is 0.628. The fourth-order valence-corrected chi connectivity index (χ4v) is 2.23. The Labute approximate surface area is 133 Å². The van der Waals surface area contributed by atoms with Crippen molar-refractivity contribution in [2.24, 2.45) is 0 Å². The maximum absolute atomic E-state index is 12.3. The molecule has 1 aromatic rings. The van der Waals surface area contributed by atoms with Crippen molar-refractivity contribution in [2.75, 3.05) is 33.2 Å². The zero-order chi connectivity index (χ0) is 16.8. The Hall–Kier alpha value is -2.46. The third-order valence-electron chi connectivity index (χ3n) is 3.56. The van der Waals surface area contributed by atoms with Crippen LogP contribution >= 0.6 is 0 Å². The summed E-state index contributed by atoms with van der Waals surface area (Å²) in [4.78, 5) is 16.1. The molecule has 1 saturated heterocycles. The Morgan fingerprint density at radius 2 is 1.87 bits per heavy atom. The molecule has 23 heavy (non-hydrogen) atoms. The fraction of sp³-hybridized carbons (Fsp3) is 0.375. The van der Waals surface area contributed by atoms with Crippen molar-refractivity contribution in [2.45, 2.75) is 6.61 Å². The van der Waals surface area contributed by atoms with E-state index in [9.17, 15) is 18.8 Å². The van der Waals surface area contributed by atoms with Crippen LogP contribution in [0.5, 0.6) is 5.75 Å². The van der Waals surface area contributed by atoms with E-state index in [0.717, 1.165) is 13.1 Å². The number of benzene rings is 1. The number of carbonyl (C=O) groups excluding carboxylic acids is 1. The molecule has 0 aliphatic carbocycles. The van der Waals surface area contributed by atoms with Crippen LogP contribution in [0, 0.1) is 11.3 Å². The highest BCUT2D eigenvalue weighted by molar-refractivity contribution is 6.01. The Balaban J connectivity index is 2.09. The predicted octanol–water partition coefficient (Wildman–Crippen LogP) is 1.97. The van der Waals surface area contributed by atoms with Gasteiger partial charge in [-0.1, -0.05) is 12.1 Å². The number of amides is 1. The fourth-order valence-electron chi connectivity index (χ4n) is 2.23. The first kappa shape index (κ1) is 16.9. The second-order valence-electron chi connectivity index (χ2n) is 5.21. The largest absolute Gasteiger partial charge is 0.435 e. The van der Waals surface area contributed by atoms with Crippen molar-refractivity contribution in [1.29, 1.82) is 5.26 Å². The van der Waals surface area contributed by atoms with E-state index in [1.54, 1.807) is 4.90 Å². The predicted molar refractivity (Wildman–Crippen MR) is 80.7 cm³/mol. The third kappa shape index (κ3) is 4.76. The summed E-state index contributed by atoms with van der Waals surface area (Å²) in [5.74, 6) is -0.283. The van der Waals surface area contributed by atoms with Gasteiger partial charge in [0.1, 0.15) is 17.4 Å². The van der Waals surface area contributed by atoms with Crippen LogP contribution in [-0.4, -0.2) is 55.5 Å². The molecule has 0 aromatic heterocycles. The zero-order valence-corrected chi connectivity index (χ0v) is 12.7. The number of ether oxygens (including phenoxy) is 1. The normalized spacial score (nSPS) is 16.3. The van der Waals surface area contributed by atoms with E-state index in [1.807, 2.05) is 13.1 Å². The lowest BCUT2D eigenvalue weighted by molar-refractivity contribution is -0.128. The smallest absolute Gasteiger partial charge is 0.387 e. The monoisotopic (exact) mass is 321 g/mol. The van der Waals surface area contributed by atoms with Crippen LogP contribution in [0.1, 0.15) is 5.56 Å². The minimum Gasteiger partial charge on any atom is -0.435 e. The Kier molecular flexibility index (Phi) is 5.66. The first-order chi connectivity index (χ1) is 11.0. The second-order valence-corrected chi connectivity index (χ2v) is 5.21. The first-order valence-electron chi connectivity index (χ1n) is 7.14. The van der Waals surface area contributed by atoms with Crippen molar-refractivity contribution < 1.29 is 18.3 Å². The summed E-state index contributed by atoms with van der Waals surface area (Å²) >= 11 is 0. The average Bonchev–Trinajstić information content (AvgIpc) is 2.53. The number of hydrogen-bond acceptors (Lipinski definition) is 4. The number of carbonyl (C=O) groups is 1. The van der Waals surface area contributed by atoms with Crippen LogP contribution in [0.4, 0.5) is 8.78 Å². The summed E-state index contributed by atoms with van der Waals surface area (Å²) in [6.07, 6.45) is 1.45. The Bertz CT molecular complexity index is 615. The van der Waals surface area contributed by atoms with E-state index in [4.69, 9.17) is 0 Å². The van der Waals surface area contributed by atoms with E-state index >= 15 is 0 Å². The van der Waals surface area contributed by atoms with Gasteiger partial charge < -0.3 is 14.5 Å². The standard InChI is InChI=1S/C16H17F2N3O2/c1-20-6-8-21(9-7-20)15(22)13(11-19)10-12-2-4-14(5-3-12)23-16(17)18/h2-5,10,16H,6-9H2,1H3/b13-10+. The van der Waals surface area contributed by atoms with E-state index in [0.29, 0.717) is 18.7 Å². The van der Waals surface area contributed by atoms with Gasteiger partial charge >= 0.3 is 6.61 Å². The van der Waals surface area contributed by atoms with Gasteiger partial charge in [-0.25, -0.2) is 0 Å². The molecule has 1 amide bonds. The molecule has 0 saturated carbocycles. The van der Waals surface area contributed by atoms with Crippen molar-refractivity contribution in [1.82, 2.24) is 9.80 Å². The maximum Gasteiger partial charge on any atom is 0.387 e. The van der Waals surface area contributed by atoms with Crippen molar-refractivity contribution in [3.8, 4) is 11.8 Å². The molecule has 7 heteroatoms. The van der Waals surface area contributed by atoms with Crippen LogP contribution < -0.4 is 4.74 Å². The van der Waals surface area contributed by atoms with E-state index in [2.05, 4.69) is 9.64 Å². The summed E-state index contributed by atoms with van der Waals surface area (Å²) in [6.45, 7) is -0.191. The van der Waals surface area contributed by atoms with E-state index in [1.165, 1.54) is 30.3 Å². The minimum absolute atomic E-state index is 0.0251. The highest BCUT2D eigenvalue weighted by Crippen LogP contribution is 2.17. The molecule has 0 atom stereocenters. The minimum atomic E-state index is -2.88. The van der Waals surface area contributed by atoms with Crippen molar-refractivity contribution in [3.63, 3.8) is 0 Å². The molecule has 2 rings (SSSR count). The average molecular weight is 321 g/mol. The Morgan fingerprint density at radius 3 is 2.39 bits per heavy atom. The Morgan fingerprint density at radius 1 is 1.26 bits per heavy atom. The molecule has 0 radical (unpaired) electrons. The van der Waals surface area contributed by atoms with Gasteiger partial charge in [0.15, 0.2) is 0 Å². The molecule has 1 fully saturated rings. The molecule has 1 aliphatic heterocycles. The molecule has 0 N–H and O–H groups in total. The summed E-state index contributed by atoms with van der Waals surface area (Å²) in [6, 6.07) is 7.69. The van der Waals surface area contributed by atoms with Gasteiger partial charge in [-0.15, -0.1) is 0 Å². The second kappa shape index (κ2) is 7.70. The molecule has 5 nitrogen and oxygen atoms in total.